The smallest absolute Gasteiger partial charge is 0.160 e. The lowest BCUT2D eigenvalue weighted by atomic mass is 9.92. The van der Waals surface area contributed by atoms with E-state index in [4.69, 9.17) is 9.97 Å². The lowest BCUT2D eigenvalue weighted by Crippen LogP contribution is -1.97. The van der Waals surface area contributed by atoms with Crippen molar-refractivity contribution in [2.75, 3.05) is 0 Å². The van der Waals surface area contributed by atoms with E-state index in [1.54, 1.807) is 0 Å². The highest BCUT2D eigenvalue weighted by Gasteiger charge is 2.15. The SMILES string of the molecule is c1ccc(-c2cccc(-c3cc(-c4ccc5sc6ccccc6c5c4)cc(-c4cc(-c5ccccc5)nc(-c5ccc6ccccc6c5)n4)c3)c2)cc1. The number of nitrogens with zero attached hydrogens (tertiary/aromatic N) is 2. The first-order chi connectivity index (χ1) is 26.2. The van der Waals surface area contributed by atoms with E-state index in [1.165, 1.54) is 47.6 Å². The van der Waals surface area contributed by atoms with Crippen LogP contribution in [0.3, 0.4) is 0 Å². The van der Waals surface area contributed by atoms with Crippen LogP contribution in [0, 0.1) is 0 Å². The first kappa shape index (κ1) is 31.1. The normalized spacial score (nSPS) is 11.4. The van der Waals surface area contributed by atoms with Crippen LogP contribution in [0.15, 0.2) is 194 Å². The summed E-state index contributed by atoms with van der Waals surface area (Å²) in [5.41, 5.74) is 11.9. The Morgan fingerprint density at radius 1 is 0.283 bits per heavy atom. The number of hydrogen-bond acceptors (Lipinski definition) is 3. The minimum absolute atomic E-state index is 0.705. The molecule has 10 aromatic rings. The highest BCUT2D eigenvalue weighted by molar-refractivity contribution is 7.25. The molecule has 10 rings (SSSR count). The Morgan fingerprint density at radius 2 is 0.830 bits per heavy atom. The van der Waals surface area contributed by atoms with Crippen LogP contribution >= 0.6 is 11.3 Å². The van der Waals surface area contributed by atoms with Crippen LogP contribution in [0.1, 0.15) is 0 Å². The zero-order chi connectivity index (χ0) is 35.1. The van der Waals surface area contributed by atoms with E-state index in [-0.39, 0.29) is 0 Å². The van der Waals surface area contributed by atoms with Crippen molar-refractivity contribution in [3.05, 3.63) is 194 Å². The van der Waals surface area contributed by atoms with Crippen molar-refractivity contribution in [1.29, 1.82) is 0 Å². The quantitative estimate of drug-likeness (QED) is 0.173. The summed E-state index contributed by atoms with van der Waals surface area (Å²) in [6, 6.07) is 69.4. The Kier molecular flexibility index (Phi) is 7.71. The summed E-state index contributed by atoms with van der Waals surface area (Å²) >= 11 is 1.85. The van der Waals surface area contributed by atoms with Gasteiger partial charge in [0.25, 0.3) is 0 Å². The van der Waals surface area contributed by atoms with E-state index < -0.39 is 0 Å². The first-order valence-electron chi connectivity index (χ1n) is 17.9. The molecule has 0 fully saturated rings. The molecule has 0 saturated carbocycles. The van der Waals surface area contributed by atoms with Crippen molar-refractivity contribution in [1.82, 2.24) is 9.97 Å². The van der Waals surface area contributed by atoms with Gasteiger partial charge in [0.15, 0.2) is 5.82 Å². The van der Waals surface area contributed by atoms with Crippen LogP contribution in [-0.2, 0) is 0 Å². The number of hydrogen-bond donors (Lipinski definition) is 0. The summed E-state index contributed by atoms with van der Waals surface area (Å²) < 4.78 is 2.60. The molecule has 248 valence electrons. The standard InChI is InChI=1S/C50H32N2S/c1-3-12-33(13-4-1)37-18-11-19-38(26-37)41-28-42(39-24-25-49-45(31-39)44-20-9-10-21-48(44)53-49)30-43(29-41)47-32-46(35-15-5-2-6-16-35)51-50(52-47)40-23-22-34-14-7-8-17-36(34)27-40/h1-32H. The molecule has 2 heterocycles. The maximum Gasteiger partial charge on any atom is 0.160 e. The molecule has 0 aliphatic rings. The molecule has 0 aliphatic heterocycles. The van der Waals surface area contributed by atoms with Crippen molar-refractivity contribution in [2.45, 2.75) is 0 Å². The van der Waals surface area contributed by atoms with Gasteiger partial charge >= 0.3 is 0 Å². The van der Waals surface area contributed by atoms with Gasteiger partial charge < -0.3 is 0 Å². The predicted octanol–water partition coefficient (Wildman–Crippen LogP) is 14.0. The molecule has 2 nitrogen and oxygen atoms in total. The summed E-state index contributed by atoms with van der Waals surface area (Å²) in [5.74, 6) is 0.705. The average molecular weight is 693 g/mol. The summed E-state index contributed by atoms with van der Waals surface area (Å²) in [4.78, 5) is 10.5. The molecule has 0 bridgehead atoms. The Hall–Kier alpha value is -6.68. The third-order valence-corrected chi connectivity index (χ3v) is 11.2. The monoisotopic (exact) mass is 692 g/mol. The minimum Gasteiger partial charge on any atom is -0.228 e. The van der Waals surface area contributed by atoms with Crippen LogP contribution < -0.4 is 0 Å². The zero-order valence-electron chi connectivity index (χ0n) is 28.8. The van der Waals surface area contributed by atoms with E-state index in [0.29, 0.717) is 5.82 Å². The summed E-state index contributed by atoms with van der Waals surface area (Å²) in [6.45, 7) is 0. The maximum atomic E-state index is 5.31. The lowest BCUT2D eigenvalue weighted by Gasteiger charge is -2.14. The van der Waals surface area contributed by atoms with Crippen LogP contribution in [0.5, 0.6) is 0 Å². The molecule has 0 spiro atoms. The molecule has 0 atom stereocenters. The second-order valence-electron chi connectivity index (χ2n) is 13.4. The molecule has 0 saturated heterocycles. The van der Waals surface area contributed by atoms with Crippen molar-refractivity contribution in [2.24, 2.45) is 0 Å². The fourth-order valence-corrected chi connectivity index (χ4v) is 8.42. The van der Waals surface area contributed by atoms with Gasteiger partial charge in [0, 0.05) is 36.9 Å². The van der Waals surface area contributed by atoms with Crippen molar-refractivity contribution < 1.29 is 0 Å². The van der Waals surface area contributed by atoms with Crippen LogP contribution in [-0.4, -0.2) is 9.97 Å². The van der Waals surface area contributed by atoms with Crippen LogP contribution in [0.2, 0.25) is 0 Å². The second-order valence-corrected chi connectivity index (χ2v) is 14.5. The molecule has 0 N–H and O–H groups in total. The van der Waals surface area contributed by atoms with Gasteiger partial charge in [-0.15, -0.1) is 11.3 Å². The number of rotatable bonds is 6. The zero-order valence-corrected chi connectivity index (χ0v) is 29.6. The third kappa shape index (κ3) is 5.97. The molecule has 0 amide bonds. The average Bonchev–Trinajstić information content (AvgIpc) is 3.62. The predicted molar refractivity (Wildman–Crippen MR) is 225 cm³/mol. The Morgan fingerprint density at radius 3 is 1.62 bits per heavy atom. The molecule has 0 radical (unpaired) electrons. The van der Waals surface area contributed by atoms with Crippen molar-refractivity contribution in [3.63, 3.8) is 0 Å². The van der Waals surface area contributed by atoms with Gasteiger partial charge in [-0.25, -0.2) is 9.97 Å². The fraction of sp³-hybridized carbons (Fsp3) is 0. The van der Waals surface area contributed by atoms with Gasteiger partial charge in [-0.1, -0.05) is 140 Å². The molecule has 8 aromatic carbocycles. The number of aromatic nitrogens is 2. The number of thiophene rings is 1. The molecule has 0 aliphatic carbocycles. The maximum absolute atomic E-state index is 5.31. The van der Waals surface area contributed by atoms with Gasteiger partial charge in [-0.3, -0.25) is 0 Å². The van der Waals surface area contributed by atoms with Gasteiger partial charge in [-0.05, 0) is 98.8 Å². The number of fused-ring (bicyclic) bond motifs is 4. The molecule has 3 heteroatoms. The minimum atomic E-state index is 0.705. The highest BCUT2D eigenvalue weighted by atomic mass is 32.1. The van der Waals surface area contributed by atoms with E-state index in [1.807, 2.05) is 17.4 Å². The van der Waals surface area contributed by atoms with Gasteiger partial charge in [0.05, 0.1) is 11.4 Å². The van der Waals surface area contributed by atoms with Crippen LogP contribution in [0.4, 0.5) is 0 Å². The van der Waals surface area contributed by atoms with E-state index in [9.17, 15) is 0 Å². The topological polar surface area (TPSA) is 25.8 Å². The molecule has 2 aromatic heterocycles. The Labute approximate surface area is 312 Å². The Balaban J connectivity index is 1.19. The summed E-state index contributed by atoms with van der Waals surface area (Å²) in [5, 5.41) is 4.94. The highest BCUT2D eigenvalue weighted by Crippen LogP contribution is 2.39. The third-order valence-electron chi connectivity index (χ3n) is 10.0. The fourth-order valence-electron chi connectivity index (χ4n) is 7.33. The molecule has 53 heavy (non-hydrogen) atoms. The largest absolute Gasteiger partial charge is 0.228 e. The van der Waals surface area contributed by atoms with Crippen molar-refractivity contribution in [3.8, 4) is 67.3 Å². The van der Waals surface area contributed by atoms with Crippen molar-refractivity contribution >= 4 is 42.3 Å². The van der Waals surface area contributed by atoms with Crippen LogP contribution in [0.25, 0.3) is 98.2 Å². The van der Waals surface area contributed by atoms with Gasteiger partial charge in [0.2, 0.25) is 0 Å². The molecular weight excluding hydrogens is 661 g/mol. The second kappa shape index (κ2) is 13.1. The van der Waals surface area contributed by atoms with E-state index in [0.717, 1.165) is 44.8 Å². The molecule has 0 unspecified atom stereocenters. The van der Waals surface area contributed by atoms with E-state index >= 15 is 0 Å². The summed E-state index contributed by atoms with van der Waals surface area (Å²) in [7, 11) is 0. The first-order valence-corrected chi connectivity index (χ1v) is 18.7. The van der Waals surface area contributed by atoms with Gasteiger partial charge in [-0.2, -0.15) is 0 Å². The summed E-state index contributed by atoms with van der Waals surface area (Å²) in [6.07, 6.45) is 0. The molecular formula is C50H32N2S. The number of benzene rings is 8. The van der Waals surface area contributed by atoms with E-state index in [2.05, 4.69) is 188 Å². The Bertz CT molecular complexity index is 2950. The van der Waals surface area contributed by atoms with Gasteiger partial charge in [0.1, 0.15) is 0 Å². The lowest BCUT2D eigenvalue weighted by molar-refractivity contribution is 1.18.